The number of morpholine rings is 1. The molecule has 0 bridgehead atoms. The van der Waals surface area contributed by atoms with Crippen molar-refractivity contribution in [3.63, 3.8) is 0 Å². The van der Waals surface area contributed by atoms with Crippen LogP contribution in [0.15, 0.2) is 12.1 Å². The fourth-order valence-corrected chi connectivity index (χ4v) is 2.89. The van der Waals surface area contributed by atoms with Crippen molar-refractivity contribution in [3.05, 3.63) is 21.3 Å². The highest BCUT2D eigenvalue weighted by atomic mass is 35.5. The van der Waals surface area contributed by atoms with E-state index in [0.29, 0.717) is 23.5 Å². The molecule has 1 aliphatic heterocycles. The summed E-state index contributed by atoms with van der Waals surface area (Å²) in [7, 11) is 0. The summed E-state index contributed by atoms with van der Waals surface area (Å²) < 4.78 is 6.20. The van der Waals surface area contributed by atoms with Crippen LogP contribution in [0.1, 0.15) is 23.5 Å². The summed E-state index contributed by atoms with van der Waals surface area (Å²) in [6, 6.07) is 3.86. The van der Waals surface area contributed by atoms with Gasteiger partial charge >= 0.3 is 0 Å². The van der Waals surface area contributed by atoms with E-state index in [1.807, 2.05) is 6.92 Å². The first-order valence-electron chi connectivity index (χ1n) is 5.70. The molecule has 3 nitrogen and oxygen atoms in total. The fraction of sp³-hybridized carbons (Fsp3) is 0.583. The number of halogens is 1. The molecule has 1 aromatic heterocycles. The Morgan fingerprint density at radius 3 is 3.00 bits per heavy atom. The van der Waals surface area contributed by atoms with Gasteiger partial charge in [-0.25, -0.2) is 0 Å². The van der Waals surface area contributed by atoms with Crippen molar-refractivity contribution in [2.45, 2.75) is 26.0 Å². The number of thiophene rings is 1. The first-order valence-corrected chi connectivity index (χ1v) is 6.90. The zero-order chi connectivity index (χ0) is 12.4. The van der Waals surface area contributed by atoms with Gasteiger partial charge in [-0.2, -0.15) is 0 Å². The topological polar surface area (TPSA) is 29.5 Å². The van der Waals surface area contributed by atoms with E-state index in [1.165, 1.54) is 11.3 Å². The lowest BCUT2D eigenvalue weighted by Crippen LogP contribution is -2.49. The maximum Gasteiger partial charge on any atom is 0.186 e. The van der Waals surface area contributed by atoms with E-state index in [0.717, 1.165) is 11.4 Å². The van der Waals surface area contributed by atoms with Crippen LogP contribution in [0.3, 0.4) is 0 Å². The average molecular weight is 274 g/mol. The summed E-state index contributed by atoms with van der Waals surface area (Å²) >= 11 is 7.18. The van der Waals surface area contributed by atoms with Crippen LogP contribution < -0.4 is 0 Å². The van der Waals surface area contributed by atoms with Crippen molar-refractivity contribution in [2.75, 3.05) is 19.7 Å². The van der Waals surface area contributed by atoms with Gasteiger partial charge in [0.25, 0.3) is 0 Å². The normalized spacial score (nSPS) is 26.1. The molecular formula is C12H16ClNO2S. The Kier molecular flexibility index (Phi) is 4.20. The molecule has 2 unspecified atom stereocenters. The van der Waals surface area contributed by atoms with Crippen LogP contribution >= 0.6 is 22.9 Å². The molecule has 0 aromatic carbocycles. The van der Waals surface area contributed by atoms with Crippen LogP contribution in [-0.4, -0.2) is 42.5 Å². The Balaban J connectivity index is 1.98. The molecule has 2 rings (SSSR count). The summed E-state index contributed by atoms with van der Waals surface area (Å²) in [6.07, 6.45) is 0.200. The van der Waals surface area contributed by atoms with Gasteiger partial charge in [0.15, 0.2) is 5.78 Å². The monoisotopic (exact) mass is 273 g/mol. The van der Waals surface area contributed by atoms with Gasteiger partial charge in [0.1, 0.15) is 0 Å². The molecule has 0 radical (unpaired) electrons. The molecule has 2 heterocycles. The van der Waals surface area contributed by atoms with Gasteiger partial charge in [0.2, 0.25) is 0 Å². The molecule has 0 saturated carbocycles. The summed E-state index contributed by atoms with van der Waals surface area (Å²) in [5.74, 6) is 0.142. The molecule has 0 N–H and O–H groups in total. The number of carbonyl (C=O) groups is 1. The van der Waals surface area contributed by atoms with E-state index in [4.69, 9.17) is 16.3 Å². The van der Waals surface area contributed by atoms with Crippen molar-refractivity contribution in [2.24, 2.45) is 0 Å². The van der Waals surface area contributed by atoms with Gasteiger partial charge in [-0.1, -0.05) is 11.6 Å². The number of rotatable bonds is 3. The Hall–Kier alpha value is -0.420. The number of hydrogen-bond acceptors (Lipinski definition) is 4. The maximum atomic E-state index is 12.0. The quantitative estimate of drug-likeness (QED) is 0.793. The lowest BCUT2D eigenvalue weighted by molar-refractivity contribution is -0.0459. The van der Waals surface area contributed by atoms with Gasteiger partial charge < -0.3 is 4.74 Å². The van der Waals surface area contributed by atoms with Crippen molar-refractivity contribution in [1.29, 1.82) is 0 Å². The van der Waals surface area contributed by atoms with Gasteiger partial charge in [0.05, 0.1) is 28.5 Å². The Bertz CT molecular complexity index is 407. The van der Waals surface area contributed by atoms with E-state index in [9.17, 15) is 4.79 Å². The predicted molar refractivity (Wildman–Crippen MR) is 70.1 cm³/mol. The fourth-order valence-electron chi connectivity index (χ4n) is 1.92. The summed E-state index contributed by atoms with van der Waals surface area (Å²) in [5, 5.41) is 0. The second-order valence-electron chi connectivity index (χ2n) is 4.45. The molecule has 5 heteroatoms. The van der Waals surface area contributed by atoms with E-state index in [1.54, 1.807) is 12.1 Å². The standard InChI is InChI=1S/C12H16ClNO2S/c1-8-7-16-9(2)5-14(8)6-10(15)11-3-4-12(13)17-11/h3-4,8-9H,5-7H2,1-2H3. The van der Waals surface area contributed by atoms with E-state index >= 15 is 0 Å². The van der Waals surface area contributed by atoms with Crippen LogP contribution in [0.2, 0.25) is 4.34 Å². The van der Waals surface area contributed by atoms with Gasteiger partial charge in [-0.15, -0.1) is 11.3 Å². The molecule has 0 amide bonds. The minimum Gasteiger partial charge on any atom is -0.376 e. The molecular weight excluding hydrogens is 258 g/mol. The van der Waals surface area contributed by atoms with Crippen LogP contribution in [0, 0.1) is 0 Å². The number of ketones is 1. The third kappa shape index (κ3) is 3.28. The minimum atomic E-state index is 0.142. The summed E-state index contributed by atoms with van der Waals surface area (Å²) in [5.41, 5.74) is 0. The zero-order valence-electron chi connectivity index (χ0n) is 9.98. The van der Waals surface area contributed by atoms with Gasteiger partial charge in [-0.05, 0) is 26.0 Å². The maximum absolute atomic E-state index is 12.0. The number of carbonyl (C=O) groups excluding carboxylic acids is 1. The zero-order valence-corrected chi connectivity index (χ0v) is 11.6. The predicted octanol–water partition coefficient (Wildman–Crippen LogP) is 2.69. The number of nitrogens with zero attached hydrogens (tertiary/aromatic N) is 1. The van der Waals surface area contributed by atoms with Crippen molar-refractivity contribution < 1.29 is 9.53 Å². The van der Waals surface area contributed by atoms with Gasteiger partial charge in [0, 0.05) is 12.6 Å². The van der Waals surface area contributed by atoms with E-state index < -0.39 is 0 Å². The molecule has 1 aromatic rings. The molecule has 0 spiro atoms. The highest BCUT2D eigenvalue weighted by Crippen LogP contribution is 2.22. The highest BCUT2D eigenvalue weighted by molar-refractivity contribution is 7.18. The molecule has 1 saturated heterocycles. The van der Waals surface area contributed by atoms with Crippen molar-refractivity contribution in [1.82, 2.24) is 4.90 Å². The minimum absolute atomic E-state index is 0.142. The van der Waals surface area contributed by atoms with Crippen LogP contribution in [0.5, 0.6) is 0 Å². The lowest BCUT2D eigenvalue weighted by atomic mass is 10.2. The average Bonchev–Trinajstić information content (AvgIpc) is 2.70. The Morgan fingerprint density at radius 2 is 2.35 bits per heavy atom. The molecule has 1 fully saturated rings. The van der Waals surface area contributed by atoms with Crippen LogP contribution in [0.4, 0.5) is 0 Å². The lowest BCUT2D eigenvalue weighted by Gasteiger charge is -2.36. The second kappa shape index (κ2) is 5.48. The third-order valence-corrected chi connectivity index (χ3v) is 4.20. The van der Waals surface area contributed by atoms with Crippen molar-refractivity contribution >= 4 is 28.7 Å². The van der Waals surface area contributed by atoms with Crippen LogP contribution in [-0.2, 0) is 4.74 Å². The molecule has 17 heavy (non-hydrogen) atoms. The largest absolute Gasteiger partial charge is 0.376 e. The molecule has 94 valence electrons. The van der Waals surface area contributed by atoms with Crippen LogP contribution in [0.25, 0.3) is 0 Å². The first kappa shape index (κ1) is 13.0. The van der Waals surface area contributed by atoms with Gasteiger partial charge in [-0.3, -0.25) is 9.69 Å². The number of ether oxygens (including phenoxy) is 1. The second-order valence-corrected chi connectivity index (χ2v) is 6.16. The van der Waals surface area contributed by atoms with Crippen molar-refractivity contribution in [3.8, 4) is 0 Å². The Labute approximate surface area is 110 Å². The van der Waals surface area contributed by atoms with E-state index in [2.05, 4.69) is 11.8 Å². The number of hydrogen-bond donors (Lipinski definition) is 0. The molecule has 2 atom stereocenters. The molecule has 0 aliphatic carbocycles. The number of Topliss-reactive ketones (excluding diaryl/α,β-unsaturated/α-hetero) is 1. The highest BCUT2D eigenvalue weighted by Gasteiger charge is 2.25. The smallest absolute Gasteiger partial charge is 0.186 e. The SMILES string of the molecule is CC1CN(CC(=O)c2ccc(Cl)s2)C(C)CO1. The summed E-state index contributed by atoms with van der Waals surface area (Å²) in [6.45, 7) is 6.07. The summed E-state index contributed by atoms with van der Waals surface area (Å²) in [4.78, 5) is 15.0. The Morgan fingerprint density at radius 1 is 1.59 bits per heavy atom. The third-order valence-electron chi connectivity index (χ3n) is 2.93. The van der Waals surface area contributed by atoms with E-state index in [-0.39, 0.29) is 11.9 Å². The molecule has 1 aliphatic rings. The first-order chi connectivity index (χ1) is 8.06.